The van der Waals surface area contributed by atoms with Gasteiger partial charge in [-0.1, -0.05) is 19.4 Å². The molecule has 0 bridgehead atoms. The smallest absolute Gasteiger partial charge is 0.407 e. The monoisotopic (exact) mass is 412 g/mol. The fourth-order valence-corrected chi connectivity index (χ4v) is 3.28. The second kappa shape index (κ2) is 11.3. The zero-order valence-electron chi connectivity index (χ0n) is 18.0. The second-order valence-electron chi connectivity index (χ2n) is 7.96. The summed E-state index contributed by atoms with van der Waals surface area (Å²) in [6.45, 7) is 12.8. The van der Waals surface area contributed by atoms with Gasteiger partial charge in [-0.15, -0.1) is 11.3 Å². The van der Waals surface area contributed by atoms with E-state index in [4.69, 9.17) is 4.74 Å². The van der Waals surface area contributed by atoms with Crippen molar-refractivity contribution in [1.82, 2.24) is 16.0 Å². The topological polar surface area (TPSA) is 95.0 Å². The molecule has 0 aliphatic carbocycles. The van der Waals surface area contributed by atoms with E-state index in [0.717, 1.165) is 17.7 Å². The lowest BCUT2D eigenvalue weighted by atomic mass is 10.1. The van der Waals surface area contributed by atoms with Crippen molar-refractivity contribution in [3.63, 3.8) is 0 Å². The molecule has 0 saturated carbocycles. The molecule has 1 rings (SSSR count). The predicted molar refractivity (Wildman–Crippen MR) is 116 cm³/mol. The van der Waals surface area contributed by atoms with Gasteiger partial charge in [-0.05, 0) is 52.5 Å². The highest BCUT2D eigenvalue weighted by molar-refractivity contribution is 7.10. The van der Waals surface area contributed by atoms with Gasteiger partial charge in [0, 0.05) is 24.0 Å². The average Bonchev–Trinajstić information content (AvgIpc) is 3.11. The van der Waals surface area contributed by atoms with E-state index in [1.54, 1.807) is 6.92 Å². The molecule has 1 aromatic rings. The highest BCUT2D eigenvalue weighted by Crippen LogP contribution is 2.25. The molecule has 8 heteroatoms. The zero-order chi connectivity index (χ0) is 21.2. The Balaban J connectivity index is 2.68. The largest absolute Gasteiger partial charge is 0.444 e. The molecule has 28 heavy (non-hydrogen) atoms. The van der Waals surface area contributed by atoms with E-state index < -0.39 is 17.3 Å². The normalized spacial score (nSPS) is 15.5. The number of hydrogen-bond acceptors (Lipinski definition) is 5. The quantitative estimate of drug-likeness (QED) is 0.369. The van der Waals surface area contributed by atoms with Crippen molar-refractivity contribution in [2.75, 3.05) is 19.6 Å². The van der Waals surface area contributed by atoms with Gasteiger partial charge in [-0.3, -0.25) is 0 Å². The Morgan fingerprint density at radius 1 is 1.29 bits per heavy atom. The first-order chi connectivity index (χ1) is 13.1. The van der Waals surface area contributed by atoms with Crippen LogP contribution in [-0.2, 0) is 10.3 Å². The first-order valence-electron chi connectivity index (χ1n) is 9.85. The van der Waals surface area contributed by atoms with Gasteiger partial charge in [0.2, 0.25) is 0 Å². The van der Waals surface area contributed by atoms with Crippen LogP contribution < -0.4 is 16.0 Å². The Kier molecular flexibility index (Phi) is 9.75. The summed E-state index contributed by atoms with van der Waals surface area (Å²) in [5.74, 6) is 0.603. The van der Waals surface area contributed by atoms with Crippen LogP contribution in [0.4, 0.5) is 4.79 Å². The van der Waals surface area contributed by atoms with Crippen molar-refractivity contribution in [3.05, 3.63) is 22.4 Å². The summed E-state index contributed by atoms with van der Waals surface area (Å²) in [6, 6.07) is 3.74. The fraction of sp³-hybridized carbons (Fsp3) is 0.700. The van der Waals surface area contributed by atoms with E-state index in [9.17, 15) is 9.90 Å². The first-order valence-corrected chi connectivity index (χ1v) is 10.7. The number of carbonyl (C=O) groups excluding carboxylic acids is 1. The van der Waals surface area contributed by atoms with Gasteiger partial charge in [0.25, 0.3) is 0 Å². The van der Waals surface area contributed by atoms with Gasteiger partial charge in [-0.25, -0.2) is 9.79 Å². The second-order valence-corrected chi connectivity index (χ2v) is 8.91. The third-order valence-corrected chi connectivity index (χ3v) is 4.94. The van der Waals surface area contributed by atoms with Gasteiger partial charge < -0.3 is 25.8 Å². The number of nitrogens with zero attached hydrogens (tertiary/aromatic N) is 1. The molecule has 0 spiro atoms. The Hall–Kier alpha value is -1.80. The van der Waals surface area contributed by atoms with Crippen LogP contribution >= 0.6 is 11.3 Å². The SMILES string of the molecule is CCCC(CNC(=NCC(C)(O)c1cccs1)NCC)NC(=O)OC(C)(C)C. The van der Waals surface area contributed by atoms with E-state index in [1.807, 2.05) is 45.2 Å². The number of guanidine groups is 1. The molecule has 2 unspecified atom stereocenters. The molecule has 4 N–H and O–H groups in total. The van der Waals surface area contributed by atoms with Crippen LogP contribution in [0.2, 0.25) is 0 Å². The van der Waals surface area contributed by atoms with Crippen molar-refractivity contribution in [1.29, 1.82) is 0 Å². The van der Waals surface area contributed by atoms with E-state index in [-0.39, 0.29) is 12.6 Å². The van der Waals surface area contributed by atoms with Crippen LogP contribution in [0, 0.1) is 0 Å². The summed E-state index contributed by atoms with van der Waals surface area (Å²) in [6.07, 6.45) is 1.33. The number of aliphatic imine (C=N–C) groups is 1. The van der Waals surface area contributed by atoms with Crippen LogP contribution in [-0.4, -0.2) is 48.4 Å². The van der Waals surface area contributed by atoms with Crippen molar-refractivity contribution < 1.29 is 14.6 Å². The molecule has 1 aromatic heterocycles. The van der Waals surface area contributed by atoms with E-state index in [0.29, 0.717) is 19.0 Å². The molecule has 1 amide bonds. The van der Waals surface area contributed by atoms with Crippen LogP contribution in [0.1, 0.15) is 59.3 Å². The van der Waals surface area contributed by atoms with Crippen LogP contribution in [0.3, 0.4) is 0 Å². The molecule has 1 heterocycles. The summed E-state index contributed by atoms with van der Waals surface area (Å²) >= 11 is 1.51. The summed E-state index contributed by atoms with van der Waals surface area (Å²) < 4.78 is 5.35. The number of ether oxygens (including phenoxy) is 1. The third kappa shape index (κ3) is 9.41. The molecule has 0 saturated heterocycles. The fourth-order valence-electron chi connectivity index (χ4n) is 2.51. The number of thiophene rings is 1. The van der Waals surface area contributed by atoms with Crippen molar-refractivity contribution in [2.45, 2.75) is 71.6 Å². The Morgan fingerprint density at radius 3 is 2.54 bits per heavy atom. The maximum Gasteiger partial charge on any atom is 0.407 e. The molecule has 7 nitrogen and oxygen atoms in total. The summed E-state index contributed by atoms with van der Waals surface area (Å²) in [7, 11) is 0. The Morgan fingerprint density at radius 2 is 2.00 bits per heavy atom. The number of rotatable bonds is 9. The average molecular weight is 413 g/mol. The number of nitrogens with one attached hydrogen (secondary N) is 3. The number of amides is 1. The number of hydrogen-bond donors (Lipinski definition) is 4. The van der Waals surface area contributed by atoms with E-state index >= 15 is 0 Å². The highest BCUT2D eigenvalue weighted by atomic mass is 32.1. The van der Waals surface area contributed by atoms with Gasteiger partial charge >= 0.3 is 6.09 Å². The molecule has 2 atom stereocenters. The van der Waals surface area contributed by atoms with Gasteiger partial charge in [0.05, 0.1) is 6.54 Å². The van der Waals surface area contributed by atoms with E-state index in [1.165, 1.54) is 11.3 Å². The van der Waals surface area contributed by atoms with E-state index in [2.05, 4.69) is 27.9 Å². The van der Waals surface area contributed by atoms with Crippen LogP contribution in [0.15, 0.2) is 22.5 Å². The Labute approximate surface area is 173 Å². The standard InChI is InChI=1S/C20H36N4O3S/c1-7-10-15(24-18(25)27-19(3,4)5)13-22-17(21-8-2)23-14-20(6,26)16-11-9-12-28-16/h9,11-12,15,26H,7-8,10,13-14H2,1-6H3,(H,24,25)(H2,21,22,23). The lowest BCUT2D eigenvalue weighted by molar-refractivity contribution is 0.0502. The summed E-state index contributed by atoms with van der Waals surface area (Å²) in [5.41, 5.74) is -1.55. The van der Waals surface area contributed by atoms with Crippen molar-refractivity contribution >= 4 is 23.4 Å². The molecule has 0 aliphatic heterocycles. The minimum absolute atomic E-state index is 0.0819. The molecule has 0 radical (unpaired) electrons. The molecule has 0 fully saturated rings. The van der Waals surface area contributed by atoms with Crippen LogP contribution in [0.5, 0.6) is 0 Å². The molecular weight excluding hydrogens is 376 g/mol. The zero-order valence-corrected chi connectivity index (χ0v) is 18.8. The third-order valence-electron chi connectivity index (χ3n) is 3.82. The molecular formula is C20H36N4O3S. The summed E-state index contributed by atoms with van der Waals surface area (Å²) in [4.78, 5) is 17.5. The number of alkyl carbamates (subject to hydrolysis) is 1. The van der Waals surface area contributed by atoms with Gasteiger partial charge in [-0.2, -0.15) is 0 Å². The first kappa shape index (κ1) is 24.2. The van der Waals surface area contributed by atoms with Gasteiger partial charge in [0.1, 0.15) is 11.2 Å². The number of carbonyl (C=O) groups is 1. The lowest BCUT2D eigenvalue weighted by Crippen LogP contribution is -2.48. The van der Waals surface area contributed by atoms with Crippen LogP contribution in [0.25, 0.3) is 0 Å². The Bertz CT molecular complexity index is 609. The lowest BCUT2D eigenvalue weighted by Gasteiger charge is -2.25. The van der Waals surface area contributed by atoms with Gasteiger partial charge in [0.15, 0.2) is 5.96 Å². The van der Waals surface area contributed by atoms with Crippen molar-refractivity contribution in [3.8, 4) is 0 Å². The maximum absolute atomic E-state index is 12.1. The number of aliphatic hydroxyl groups is 1. The molecule has 160 valence electrons. The summed E-state index contributed by atoms with van der Waals surface area (Å²) in [5, 5.41) is 21.9. The maximum atomic E-state index is 12.1. The highest BCUT2D eigenvalue weighted by Gasteiger charge is 2.24. The minimum Gasteiger partial charge on any atom is -0.444 e. The predicted octanol–water partition coefficient (Wildman–Crippen LogP) is 3.20. The minimum atomic E-state index is -1.02. The van der Waals surface area contributed by atoms with Crippen molar-refractivity contribution in [2.24, 2.45) is 4.99 Å². The molecule has 0 aliphatic rings. The molecule has 0 aromatic carbocycles.